The Morgan fingerprint density at radius 2 is 2.09 bits per heavy atom. The lowest BCUT2D eigenvalue weighted by Crippen LogP contribution is -2.65. The van der Waals surface area contributed by atoms with E-state index in [9.17, 15) is 5.11 Å². The number of hydrogen-bond donors (Lipinski definition) is 5. The number of ether oxygens (including phenoxy) is 3. The summed E-state index contributed by atoms with van der Waals surface area (Å²) in [7, 11) is 3.38. The van der Waals surface area contributed by atoms with E-state index in [0.29, 0.717) is 18.6 Å². The van der Waals surface area contributed by atoms with E-state index in [4.69, 9.17) is 31.4 Å². The van der Waals surface area contributed by atoms with Crippen LogP contribution >= 0.6 is 0 Å². The van der Waals surface area contributed by atoms with Gasteiger partial charge in [-0.1, -0.05) is 0 Å². The van der Waals surface area contributed by atoms with Crippen LogP contribution in [0, 0.1) is 0 Å². The van der Waals surface area contributed by atoms with Crippen molar-refractivity contribution in [2.45, 2.75) is 68.5 Å². The minimum atomic E-state index is -0.825. The summed E-state index contributed by atoms with van der Waals surface area (Å²) in [5, 5.41) is 13.7. The molecule has 0 aromatic rings. The first kappa shape index (κ1) is 18.6. The molecule has 0 spiro atoms. The van der Waals surface area contributed by atoms with Crippen molar-refractivity contribution in [3.8, 4) is 0 Å². The first-order valence-electron chi connectivity index (χ1n) is 8.06. The Bertz CT molecular complexity index is 420. The average Bonchev–Trinajstić information content (AvgIpc) is 2.52. The zero-order chi connectivity index (χ0) is 17.1. The molecule has 1 fully saturated rings. The summed E-state index contributed by atoms with van der Waals surface area (Å²) >= 11 is 0. The van der Waals surface area contributed by atoms with Crippen LogP contribution in [0.25, 0.3) is 0 Å². The molecule has 134 valence electrons. The molecule has 8 heteroatoms. The number of hydrogen-bond acceptors (Lipinski definition) is 8. The minimum Gasteiger partial charge on any atom is -0.466 e. The molecule has 8 N–H and O–H groups in total. The molecule has 2 aliphatic rings. The van der Waals surface area contributed by atoms with Crippen LogP contribution in [0.2, 0.25) is 0 Å². The number of aliphatic hydroxyl groups excluding tert-OH is 1. The third-order valence-corrected chi connectivity index (χ3v) is 4.60. The van der Waals surface area contributed by atoms with Crippen LogP contribution in [-0.2, 0) is 14.2 Å². The third-order valence-electron chi connectivity index (χ3n) is 4.60. The van der Waals surface area contributed by atoms with Crippen LogP contribution in [0.15, 0.2) is 11.8 Å². The summed E-state index contributed by atoms with van der Waals surface area (Å²) in [6.45, 7) is 1.83. The van der Waals surface area contributed by atoms with Crippen molar-refractivity contribution in [2.75, 3.05) is 14.2 Å². The normalized spacial score (nSPS) is 42.7. The predicted molar refractivity (Wildman–Crippen MR) is 86.3 cm³/mol. The molecule has 0 saturated heterocycles. The fraction of sp³-hybridized carbons (Fsp3) is 0.867. The van der Waals surface area contributed by atoms with Crippen molar-refractivity contribution in [1.82, 2.24) is 5.32 Å². The summed E-state index contributed by atoms with van der Waals surface area (Å²) in [5.41, 5.74) is 18.1. The fourth-order valence-corrected chi connectivity index (χ4v) is 3.22. The summed E-state index contributed by atoms with van der Waals surface area (Å²) < 4.78 is 17.1. The Balaban J connectivity index is 2.07. The lowest BCUT2D eigenvalue weighted by molar-refractivity contribution is -0.214. The van der Waals surface area contributed by atoms with E-state index in [2.05, 4.69) is 5.32 Å². The third kappa shape index (κ3) is 4.03. The van der Waals surface area contributed by atoms with Gasteiger partial charge in [-0.3, -0.25) is 0 Å². The standard InChI is InChI=1S/C15H30N4O4/c1-7(16)10-5-4-8(17)15(22-10)23-14-9(18)6-11(21-3)12(19-2)13(14)20/h5,7-9,11-15,19-20H,4,6,16-18H2,1-3H3. The molecule has 1 aliphatic carbocycles. The Morgan fingerprint density at radius 3 is 2.65 bits per heavy atom. The lowest BCUT2D eigenvalue weighted by atomic mass is 9.84. The van der Waals surface area contributed by atoms with Gasteiger partial charge in [0, 0.05) is 13.2 Å². The van der Waals surface area contributed by atoms with Crippen molar-refractivity contribution in [3.05, 3.63) is 11.8 Å². The molecular weight excluding hydrogens is 300 g/mol. The number of nitrogens with one attached hydrogen (secondary N) is 1. The van der Waals surface area contributed by atoms with Gasteiger partial charge in [-0.25, -0.2) is 0 Å². The first-order chi connectivity index (χ1) is 10.9. The van der Waals surface area contributed by atoms with Gasteiger partial charge < -0.3 is 41.8 Å². The zero-order valence-corrected chi connectivity index (χ0v) is 14.0. The highest BCUT2D eigenvalue weighted by Crippen LogP contribution is 2.28. The second-order valence-electron chi connectivity index (χ2n) is 6.36. The van der Waals surface area contributed by atoms with Crippen molar-refractivity contribution in [3.63, 3.8) is 0 Å². The number of methoxy groups -OCH3 is 1. The highest BCUT2D eigenvalue weighted by molar-refractivity contribution is 5.07. The number of rotatable bonds is 5. The largest absolute Gasteiger partial charge is 0.466 e. The topological polar surface area (TPSA) is 138 Å². The SMILES string of the molecule is CNC1C(OC)CC(N)C(OC2OC(C(C)N)=CCC2N)C1O. The molecular formula is C15H30N4O4. The van der Waals surface area contributed by atoms with Gasteiger partial charge in [0.1, 0.15) is 11.9 Å². The second kappa shape index (κ2) is 7.89. The smallest absolute Gasteiger partial charge is 0.215 e. The van der Waals surface area contributed by atoms with E-state index in [-0.39, 0.29) is 30.3 Å². The van der Waals surface area contributed by atoms with Crippen LogP contribution < -0.4 is 22.5 Å². The summed E-state index contributed by atoms with van der Waals surface area (Å²) in [5.74, 6) is 0.649. The molecule has 0 aromatic carbocycles. The Hall–Kier alpha value is -0.740. The fourth-order valence-electron chi connectivity index (χ4n) is 3.22. The maximum atomic E-state index is 10.6. The molecule has 1 aliphatic heterocycles. The van der Waals surface area contributed by atoms with Crippen molar-refractivity contribution < 1.29 is 19.3 Å². The maximum Gasteiger partial charge on any atom is 0.215 e. The molecule has 8 nitrogen and oxygen atoms in total. The van der Waals surface area contributed by atoms with Crippen molar-refractivity contribution in [1.29, 1.82) is 0 Å². The molecule has 23 heavy (non-hydrogen) atoms. The summed E-state index contributed by atoms with van der Waals surface area (Å²) in [6, 6.07) is -1.21. The maximum absolute atomic E-state index is 10.6. The highest BCUT2D eigenvalue weighted by atomic mass is 16.7. The highest BCUT2D eigenvalue weighted by Gasteiger charge is 2.45. The summed E-state index contributed by atoms with van der Waals surface area (Å²) in [6.07, 6.45) is 0.784. The number of aliphatic hydroxyl groups is 1. The quantitative estimate of drug-likeness (QED) is 0.405. The van der Waals surface area contributed by atoms with E-state index >= 15 is 0 Å². The van der Waals surface area contributed by atoms with Gasteiger partial charge in [-0.15, -0.1) is 0 Å². The summed E-state index contributed by atoms with van der Waals surface area (Å²) in [4.78, 5) is 0. The lowest BCUT2D eigenvalue weighted by Gasteiger charge is -2.44. The van der Waals surface area contributed by atoms with Crippen molar-refractivity contribution in [2.24, 2.45) is 17.2 Å². The molecule has 0 amide bonds. The molecule has 0 bridgehead atoms. The predicted octanol–water partition coefficient (Wildman–Crippen LogP) is -1.63. The van der Waals surface area contributed by atoms with Gasteiger partial charge >= 0.3 is 0 Å². The van der Waals surface area contributed by atoms with E-state index in [1.165, 1.54) is 0 Å². The Kier molecular flexibility index (Phi) is 6.38. The Labute approximate surface area is 137 Å². The molecule has 1 saturated carbocycles. The Morgan fingerprint density at radius 1 is 1.39 bits per heavy atom. The average molecular weight is 330 g/mol. The monoisotopic (exact) mass is 330 g/mol. The van der Waals surface area contributed by atoms with Crippen molar-refractivity contribution >= 4 is 0 Å². The zero-order valence-electron chi connectivity index (χ0n) is 14.0. The van der Waals surface area contributed by atoms with Gasteiger partial charge in [0.25, 0.3) is 0 Å². The van der Waals surface area contributed by atoms with Gasteiger partial charge in [-0.2, -0.15) is 0 Å². The van der Waals surface area contributed by atoms with Gasteiger partial charge in [0.2, 0.25) is 6.29 Å². The van der Waals surface area contributed by atoms with E-state index in [0.717, 1.165) is 0 Å². The molecule has 2 rings (SSSR count). The molecule has 0 radical (unpaired) electrons. The van der Waals surface area contributed by atoms with Crippen LogP contribution in [0.4, 0.5) is 0 Å². The van der Waals surface area contributed by atoms with E-state index in [1.54, 1.807) is 14.2 Å². The molecule has 8 unspecified atom stereocenters. The van der Waals surface area contributed by atoms with Crippen LogP contribution in [-0.4, -0.2) is 68.0 Å². The minimum absolute atomic E-state index is 0.176. The molecule has 8 atom stereocenters. The van der Waals surface area contributed by atoms with Gasteiger partial charge in [-0.05, 0) is 32.9 Å². The first-order valence-corrected chi connectivity index (χ1v) is 8.06. The van der Waals surface area contributed by atoms with Crippen LogP contribution in [0.3, 0.4) is 0 Å². The van der Waals surface area contributed by atoms with E-state index < -0.39 is 18.5 Å². The molecule has 1 heterocycles. The second-order valence-corrected chi connectivity index (χ2v) is 6.36. The van der Waals surface area contributed by atoms with E-state index in [1.807, 2.05) is 13.0 Å². The van der Waals surface area contributed by atoms with Gasteiger partial charge in [0.15, 0.2) is 0 Å². The molecule has 0 aromatic heterocycles. The van der Waals surface area contributed by atoms with Crippen LogP contribution in [0.1, 0.15) is 19.8 Å². The number of nitrogens with two attached hydrogens (primary N) is 3. The van der Waals surface area contributed by atoms with Gasteiger partial charge in [0.05, 0.1) is 30.3 Å². The number of likely N-dealkylation sites (N-methyl/N-ethyl adjacent to an activating group) is 1. The van der Waals surface area contributed by atoms with Crippen LogP contribution in [0.5, 0.6) is 0 Å².